The maximum Gasteiger partial charge on any atom is 0.233 e. The Hall–Kier alpha value is -2.12. The molecule has 3 aromatic rings. The minimum Gasteiger partial charge on any atom is -0.352 e. The number of carbonyl (C=O) groups is 1. The van der Waals surface area contributed by atoms with Crippen LogP contribution in [0.1, 0.15) is 38.2 Å². The molecule has 0 bridgehead atoms. The molecular weight excluding hydrogens is 388 g/mol. The molecule has 1 N–H and O–H groups in total. The van der Waals surface area contributed by atoms with Gasteiger partial charge in [0.1, 0.15) is 0 Å². The third kappa shape index (κ3) is 4.47. The lowest BCUT2D eigenvalue weighted by Crippen LogP contribution is -2.37. The van der Waals surface area contributed by atoms with Crippen molar-refractivity contribution in [2.45, 2.75) is 55.6 Å². The smallest absolute Gasteiger partial charge is 0.233 e. The quantitative estimate of drug-likeness (QED) is 0.577. The molecule has 0 spiro atoms. The fraction of sp³-hybridized carbons (Fsp3) is 0.381. The fourth-order valence-corrected chi connectivity index (χ4v) is 5.05. The Balaban J connectivity index is 1.55. The van der Waals surface area contributed by atoms with Crippen molar-refractivity contribution >= 4 is 29.0 Å². The van der Waals surface area contributed by atoms with E-state index in [0.29, 0.717) is 12.6 Å². The van der Waals surface area contributed by atoms with Crippen LogP contribution in [-0.4, -0.2) is 32.0 Å². The lowest BCUT2D eigenvalue weighted by molar-refractivity contribution is -0.120. The molecule has 5 nitrogen and oxygen atoms in total. The van der Waals surface area contributed by atoms with Crippen molar-refractivity contribution in [2.75, 3.05) is 0 Å². The topological polar surface area (TPSA) is 59.8 Å². The number of amides is 1. The highest BCUT2D eigenvalue weighted by atomic mass is 32.2. The molecule has 2 aromatic heterocycles. The molecule has 146 valence electrons. The molecule has 0 saturated heterocycles. The van der Waals surface area contributed by atoms with Crippen molar-refractivity contribution in [1.29, 1.82) is 0 Å². The van der Waals surface area contributed by atoms with Crippen molar-refractivity contribution in [2.24, 2.45) is 0 Å². The summed E-state index contributed by atoms with van der Waals surface area (Å²) in [6.45, 7) is 2.63. The summed E-state index contributed by atoms with van der Waals surface area (Å²) in [4.78, 5) is 13.7. The van der Waals surface area contributed by atoms with Gasteiger partial charge in [-0.25, -0.2) is 0 Å². The van der Waals surface area contributed by atoms with Crippen LogP contribution in [0.4, 0.5) is 0 Å². The summed E-state index contributed by atoms with van der Waals surface area (Å²) in [5.41, 5.74) is 1.19. The van der Waals surface area contributed by atoms with E-state index in [2.05, 4.69) is 38.3 Å². The van der Waals surface area contributed by atoms with Crippen LogP contribution in [0.15, 0.2) is 53.0 Å². The van der Waals surface area contributed by atoms with Gasteiger partial charge < -0.3 is 5.32 Å². The van der Waals surface area contributed by atoms with Crippen LogP contribution in [0.3, 0.4) is 0 Å². The monoisotopic (exact) mass is 412 g/mol. The van der Waals surface area contributed by atoms with Crippen LogP contribution in [0.5, 0.6) is 0 Å². The van der Waals surface area contributed by atoms with Gasteiger partial charge in [-0.2, -0.15) is 0 Å². The zero-order valence-corrected chi connectivity index (χ0v) is 17.5. The van der Waals surface area contributed by atoms with Gasteiger partial charge in [-0.05, 0) is 36.8 Å². The summed E-state index contributed by atoms with van der Waals surface area (Å²) < 4.78 is 2.12. The summed E-state index contributed by atoms with van der Waals surface area (Å²) in [5, 5.41) is 14.7. The van der Waals surface area contributed by atoms with Gasteiger partial charge >= 0.3 is 0 Å². The molecular formula is C21H24N4OS2. The van der Waals surface area contributed by atoms with E-state index in [-0.39, 0.29) is 11.2 Å². The van der Waals surface area contributed by atoms with Gasteiger partial charge in [0, 0.05) is 6.04 Å². The largest absolute Gasteiger partial charge is 0.352 e. The highest BCUT2D eigenvalue weighted by Crippen LogP contribution is 2.30. The molecule has 1 amide bonds. The Bertz CT molecular complexity index is 902. The first-order valence-corrected chi connectivity index (χ1v) is 11.4. The molecule has 7 heteroatoms. The second-order valence-electron chi connectivity index (χ2n) is 7.11. The van der Waals surface area contributed by atoms with Crippen LogP contribution in [0.25, 0.3) is 10.7 Å². The van der Waals surface area contributed by atoms with Crippen molar-refractivity contribution in [1.82, 2.24) is 20.1 Å². The Morgan fingerprint density at radius 1 is 1.21 bits per heavy atom. The maximum absolute atomic E-state index is 12.6. The summed E-state index contributed by atoms with van der Waals surface area (Å²) in [7, 11) is 0. The van der Waals surface area contributed by atoms with Gasteiger partial charge in [0.05, 0.1) is 16.7 Å². The third-order valence-corrected chi connectivity index (χ3v) is 6.94. The molecule has 1 unspecified atom stereocenters. The van der Waals surface area contributed by atoms with Crippen LogP contribution < -0.4 is 5.32 Å². The van der Waals surface area contributed by atoms with E-state index in [1.165, 1.54) is 30.2 Å². The predicted octanol–water partition coefficient (Wildman–Crippen LogP) is 4.59. The molecule has 4 rings (SSSR count). The summed E-state index contributed by atoms with van der Waals surface area (Å²) in [5.74, 6) is 0.939. The van der Waals surface area contributed by atoms with E-state index >= 15 is 0 Å². The Kier molecular flexibility index (Phi) is 6.12. The number of carbonyl (C=O) groups excluding carboxylic acids is 1. The van der Waals surface area contributed by atoms with Crippen molar-refractivity contribution in [3.8, 4) is 10.7 Å². The number of thiophene rings is 1. The van der Waals surface area contributed by atoms with Crippen LogP contribution in [0, 0.1) is 0 Å². The first kappa shape index (κ1) is 19.2. The Labute approximate surface area is 173 Å². The molecule has 1 atom stereocenters. The minimum absolute atomic E-state index is 0.0869. The first-order chi connectivity index (χ1) is 13.7. The number of hydrogen-bond donors (Lipinski definition) is 1. The Morgan fingerprint density at radius 2 is 2.00 bits per heavy atom. The average molecular weight is 413 g/mol. The Morgan fingerprint density at radius 3 is 2.71 bits per heavy atom. The SMILES string of the molecule is CC(Sc1nnc(-c2cccs2)n1Cc1ccccc1)C(=O)NC1CCCC1. The van der Waals surface area contributed by atoms with E-state index in [0.717, 1.165) is 28.7 Å². The lowest BCUT2D eigenvalue weighted by atomic mass is 10.2. The second kappa shape index (κ2) is 8.92. The predicted molar refractivity (Wildman–Crippen MR) is 115 cm³/mol. The zero-order chi connectivity index (χ0) is 19.3. The van der Waals surface area contributed by atoms with Gasteiger partial charge in [-0.15, -0.1) is 21.5 Å². The van der Waals surface area contributed by atoms with Crippen molar-refractivity contribution in [3.63, 3.8) is 0 Å². The van der Waals surface area contributed by atoms with Gasteiger partial charge in [0.25, 0.3) is 0 Å². The highest BCUT2D eigenvalue weighted by Gasteiger charge is 2.24. The van der Waals surface area contributed by atoms with E-state index in [4.69, 9.17) is 0 Å². The highest BCUT2D eigenvalue weighted by molar-refractivity contribution is 8.00. The normalized spacial score (nSPS) is 15.6. The van der Waals surface area contributed by atoms with Gasteiger partial charge in [-0.1, -0.05) is 61.0 Å². The number of nitrogens with one attached hydrogen (secondary N) is 1. The summed E-state index contributed by atoms with van der Waals surface area (Å²) >= 11 is 3.13. The van der Waals surface area contributed by atoms with Gasteiger partial charge in [-0.3, -0.25) is 9.36 Å². The number of aromatic nitrogens is 3. The fourth-order valence-electron chi connectivity index (χ4n) is 3.47. The lowest BCUT2D eigenvalue weighted by Gasteiger charge is -2.16. The maximum atomic E-state index is 12.6. The van der Waals surface area contributed by atoms with E-state index in [1.54, 1.807) is 11.3 Å². The van der Waals surface area contributed by atoms with Crippen LogP contribution in [-0.2, 0) is 11.3 Å². The van der Waals surface area contributed by atoms with Crippen molar-refractivity contribution in [3.05, 3.63) is 53.4 Å². The summed E-state index contributed by atoms with van der Waals surface area (Å²) in [6.07, 6.45) is 4.61. The van der Waals surface area contributed by atoms with E-state index in [1.807, 2.05) is 36.6 Å². The number of thioether (sulfide) groups is 1. The van der Waals surface area contributed by atoms with Crippen molar-refractivity contribution < 1.29 is 4.79 Å². The number of benzene rings is 1. The number of rotatable bonds is 7. The molecule has 1 aliphatic carbocycles. The van der Waals surface area contributed by atoms with E-state index < -0.39 is 0 Å². The zero-order valence-electron chi connectivity index (χ0n) is 15.9. The second-order valence-corrected chi connectivity index (χ2v) is 9.36. The van der Waals surface area contributed by atoms with Gasteiger partial charge in [0.2, 0.25) is 5.91 Å². The third-order valence-electron chi connectivity index (χ3n) is 4.99. The molecule has 1 saturated carbocycles. The molecule has 0 aliphatic heterocycles. The molecule has 1 aliphatic rings. The molecule has 1 aromatic carbocycles. The number of hydrogen-bond acceptors (Lipinski definition) is 5. The molecule has 2 heterocycles. The minimum atomic E-state index is -0.212. The molecule has 28 heavy (non-hydrogen) atoms. The first-order valence-electron chi connectivity index (χ1n) is 9.69. The van der Waals surface area contributed by atoms with Gasteiger partial charge in [0.15, 0.2) is 11.0 Å². The molecule has 0 radical (unpaired) electrons. The molecule has 1 fully saturated rings. The van der Waals surface area contributed by atoms with Crippen LogP contribution >= 0.6 is 23.1 Å². The van der Waals surface area contributed by atoms with E-state index in [9.17, 15) is 4.79 Å². The average Bonchev–Trinajstić information content (AvgIpc) is 3.46. The number of nitrogens with zero attached hydrogens (tertiary/aromatic N) is 3. The standard InChI is InChI=1S/C21H24N4OS2/c1-15(20(26)22-17-10-5-6-11-17)28-21-24-23-19(18-12-7-13-27-18)25(21)14-16-8-3-2-4-9-16/h2-4,7-9,12-13,15,17H,5-6,10-11,14H2,1H3,(H,22,26). The summed E-state index contributed by atoms with van der Waals surface area (Å²) in [6, 6.07) is 14.7. The van der Waals surface area contributed by atoms with Crippen LogP contribution in [0.2, 0.25) is 0 Å².